The summed E-state index contributed by atoms with van der Waals surface area (Å²) in [4.78, 5) is 24.8. The Hall–Kier alpha value is -2.77. The van der Waals surface area contributed by atoms with E-state index < -0.39 is 0 Å². The lowest BCUT2D eigenvalue weighted by molar-refractivity contribution is 0.0949. The maximum atomic E-state index is 12.4. The van der Waals surface area contributed by atoms with E-state index in [0.717, 1.165) is 23.4 Å². The summed E-state index contributed by atoms with van der Waals surface area (Å²) in [5, 5.41) is 15.5. The van der Waals surface area contributed by atoms with Crippen molar-refractivity contribution in [3.8, 4) is 0 Å². The number of carbonyl (C=O) groups excluding carboxylic acids is 2. The lowest BCUT2D eigenvalue weighted by Gasteiger charge is -2.08. The summed E-state index contributed by atoms with van der Waals surface area (Å²) < 4.78 is 0. The maximum Gasteiger partial charge on any atom is 0.286 e. The number of benzene rings is 2. The first-order valence-corrected chi connectivity index (χ1v) is 10.1. The summed E-state index contributed by atoms with van der Waals surface area (Å²) in [5.41, 5.74) is 1.90. The highest BCUT2D eigenvalue weighted by Crippen LogP contribution is 2.41. The van der Waals surface area contributed by atoms with Crippen LogP contribution in [0.2, 0.25) is 5.02 Å². The van der Waals surface area contributed by atoms with Gasteiger partial charge in [-0.2, -0.15) is 0 Å². The first-order valence-electron chi connectivity index (χ1n) is 8.86. The Bertz CT molecular complexity index is 1030. The molecular formula is C20H17ClN4O2S. The maximum absolute atomic E-state index is 12.4. The lowest BCUT2D eigenvalue weighted by atomic mass is 10.1. The Morgan fingerprint density at radius 2 is 1.89 bits per heavy atom. The van der Waals surface area contributed by atoms with Gasteiger partial charge >= 0.3 is 0 Å². The van der Waals surface area contributed by atoms with Crippen molar-refractivity contribution in [3.05, 3.63) is 74.7 Å². The molecule has 0 bridgehead atoms. The van der Waals surface area contributed by atoms with Gasteiger partial charge in [0.15, 0.2) is 0 Å². The molecule has 1 saturated carbocycles. The molecule has 0 atom stereocenters. The van der Waals surface area contributed by atoms with Gasteiger partial charge in [-0.1, -0.05) is 41.1 Å². The van der Waals surface area contributed by atoms with Gasteiger partial charge in [-0.3, -0.25) is 9.59 Å². The van der Waals surface area contributed by atoms with Crippen LogP contribution in [0.3, 0.4) is 0 Å². The topological polar surface area (TPSA) is 84.0 Å². The number of halogens is 1. The molecule has 1 aliphatic rings. The number of aromatic nitrogens is 2. The quantitative estimate of drug-likeness (QED) is 0.633. The Labute approximate surface area is 171 Å². The van der Waals surface area contributed by atoms with Crippen molar-refractivity contribution in [1.82, 2.24) is 15.5 Å². The molecule has 6 nitrogen and oxygen atoms in total. The van der Waals surface area contributed by atoms with E-state index in [9.17, 15) is 9.59 Å². The average molecular weight is 413 g/mol. The van der Waals surface area contributed by atoms with E-state index in [0.29, 0.717) is 33.7 Å². The molecule has 0 unspecified atom stereocenters. The molecule has 3 aromatic rings. The first-order chi connectivity index (χ1) is 13.6. The van der Waals surface area contributed by atoms with Crippen LogP contribution in [0.5, 0.6) is 0 Å². The molecule has 2 aromatic carbocycles. The molecule has 8 heteroatoms. The third kappa shape index (κ3) is 4.55. The van der Waals surface area contributed by atoms with E-state index in [2.05, 4.69) is 20.8 Å². The van der Waals surface area contributed by atoms with Gasteiger partial charge in [0.25, 0.3) is 11.8 Å². The van der Waals surface area contributed by atoms with Crippen LogP contribution >= 0.6 is 22.9 Å². The average Bonchev–Trinajstić information content (AvgIpc) is 3.43. The summed E-state index contributed by atoms with van der Waals surface area (Å²) in [6.07, 6.45) is 2.23. The monoisotopic (exact) mass is 412 g/mol. The zero-order chi connectivity index (χ0) is 19.5. The van der Waals surface area contributed by atoms with Crippen LogP contribution in [0.15, 0.2) is 48.5 Å². The SMILES string of the molecule is O=C(NCc1cccc(Cl)c1)c1cccc(NC(=O)c2nnc(C3CC3)s2)c1. The Balaban J connectivity index is 1.38. The smallest absolute Gasteiger partial charge is 0.286 e. The molecule has 28 heavy (non-hydrogen) atoms. The largest absolute Gasteiger partial charge is 0.348 e. The zero-order valence-corrected chi connectivity index (χ0v) is 16.4. The second-order valence-electron chi connectivity index (χ2n) is 6.57. The van der Waals surface area contributed by atoms with Crippen molar-refractivity contribution in [1.29, 1.82) is 0 Å². The molecule has 0 radical (unpaired) electrons. The van der Waals surface area contributed by atoms with Gasteiger partial charge in [-0.15, -0.1) is 10.2 Å². The summed E-state index contributed by atoms with van der Waals surface area (Å²) in [7, 11) is 0. The number of hydrogen-bond acceptors (Lipinski definition) is 5. The van der Waals surface area contributed by atoms with Crippen LogP contribution in [0.4, 0.5) is 5.69 Å². The second kappa shape index (κ2) is 8.08. The molecular weight excluding hydrogens is 396 g/mol. The summed E-state index contributed by atoms with van der Waals surface area (Å²) in [5.74, 6) is -0.0885. The molecule has 1 heterocycles. The summed E-state index contributed by atoms with van der Waals surface area (Å²) in [6, 6.07) is 14.1. The minimum atomic E-state index is -0.319. The minimum Gasteiger partial charge on any atom is -0.348 e. The van der Waals surface area contributed by atoms with E-state index >= 15 is 0 Å². The number of anilines is 1. The fourth-order valence-electron chi connectivity index (χ4n) is 2.68. The first kappa shape index (κ1) is 18.6. The van der Waals surface area contributed by atoms with Gasteiger partial charge in [-0.25, -0.2) is 0 Å². The third-order valence-corrected chi connectivity index (χ3v) is 5.61. The highest BCUT2D eigenvalue weighted by atomic mass is 35.5. The van der Waals surface area contributed by atoms with Crippen LogP contribution in [0.25, 0.3) is 0 Å². The molecule has 2 amide bonds. The number of rotatable bonds is 6. The van der Waals surface area contributed by atoms with Crippen molar-refractivity contribution in [2.45, 2.75) is 25.3 Å². The van der Waals surface area contributed by atoms with Crippen LogP contribution in [-0.4, -0.2) is 22.0 Å². The molecule has 1 aromatic heterocycles. The third-order valence-electron chi connectivity index (χ3n) is 4.29. The number of nitrogens with zero attached hydrogens (tertiary/aromatic N) is 2. The highest BCUT2D eigenvalue weighted by Gasteiger charge is 2.28. The second-order valence-corrected chi connectivity index (χ2v) is 8.01. The highest BCUT2D eigenvalue weighted by molar-refractivity contribution is 7.13. The van der Waals surface area contributed by atoms with Gasteiger partial charge in [0.2, 0.25) is 5.01 Å². The van der Waals surface area contributed by atoms with Gasteiger partial charge < -0.3 is 10.6 Å². The Morgan fingerprint density at radius 3 is 2.68 bits per heavy atom. The van der Waals surface area contributed by atoms with Gasteiger partial charge in [-0.05, 0) is 48.7 Å². The van der Waals surface area contributed by atoms with Crippen LogP contribution in [0, 0.1) is 0 Å². The zero-order valence-electron chi connectivity index (χ0n) is 14.8. The molecule has 0 spiro atoms. The molecule has 2 N–H and O–H groups in total. The fourth-order valence-corrected chi connectivity index (χ4v) is 3.80. The predicted octanol–water partition coefficient (Wildman–Crippen LogP) is 4.25. The van der Waals surface area contributed by atoms with E-state index in [-0.39, 0.29) is 11.8 Å². The van der Waals surface area contributed by atoms with Gasteiger partial charge in [0, 0.05) is 28.7 Å². The lowest BCUT2D eigenvalue weighted by Crippen LogP contribution is -2.23. The Kier molecular flexibility index (Phi) is 5.36. The predicted molar refractivity (Wildman–Crippen MR) is 109 cm³/mol. The molecule has 0 saturated heterocycles. The van der Waals surface area contributed by atoms with E-state index in [4.69, 9.17) is 11.6 Å². The van der Waals surface area contributed by atoms with E-state index in [1.807, 2.05) is 12.1 Å². The minimum absolute atomic E-state index is 0.233. The van der Waals surface area contributed by atoms with Crippen LogP contribution in [-0.2, 0) is 6.54 Å². The number of amides is 2. The fraction of sp³-hybridized carbons (Fsp3) is 0.200. The number of hydrogen-bond donors (Lipinski definition) is 2. The molecule has 142 valence electrons. The van der Waals surface area contributed by atoms with Crippen molar-refractivity contribution in [2.24, 2.45) is 0 Å². The van der Waals surface area contributed by atoms with Gasteiger partial charge in [0.05, 0.1) is 0 Å². The van der Waals surface area contributed by atoms with E-state index in [1.54, 1.807) is 36.4 Å². The molecule has 0 aliphatic heterocycles. The molecule has 4 rings (SSSR count). The standard InChI is InChI=1S/C20H17ClN4O2S/c21-15-5-1-3-12(9-15)11-22-17(26)14-4-2-6-16(10-14)23-18(27)20-25-24-19(28-20)13-7-8-13/h1-6,9-10,13H,7-8,11H2,(H,22,26)(H,23,27). The molecule has 1 aliphatic carbocycles. The van der Waals surface area contributed by atoms with Crippen molar-refractivity contribution in [2.75, 3.05) is 5.32 Å². The van der Waals surface area contributed by atoms with Crippen LogP contribution in [0.1, 0.15) is 49.5 Å². The van der Waals surface area contributed by atoms with Crippen molar-refractivity contribution in [3.63, 3.8) is 0 Å². The van der Waals surface area contributed by atoms with Crippen molar-refractivity contribution < 1.29 is 9.59 Å². The summed E-state index contributed by atoms with van der Waals surface area (Å²) in [6.45, 7) is 0.366. The summed E-state index contributed by atoms with van der Waals surface area (Å²) >= 11 is 7.28. The van der Waals surface area contributed by atoms with E-state index in [1.165, 1.54) is 11.3 Å². The number of carbonyl (C=O) groups is 2. The molecule has 1 fully saturated rings. The van der Waals surface area contributed by atoms with Crippen molar-refractivity contribution >= 4 is 40.4 Å². The normalized spacial score (nSPS) is 13.2. The Morgan fingerprint density at radius 1 is 1.07 bits per heavy atom. The van der Waals surface area contributed by atoms with Gasteiger partial charge in [0.1, 0.15) is 5.01 Å². The number of nitrogens with one attached hydrogen (secondary N) is 2. The van der Waals surface area contributed by atoms with Crippen LogP contribution < -0.4 is 10.6 Å².